The van der Waals surface area contributed by atoms with E-state index in [0.29, 0.717) is 0 Å². The summed E-state index contributed by atoms with van der Waals surface area (Å²) >= 11 is 0. The third-order valence-corrected chi connectivity index (χ3v) is 3.71. The van der Waals surface area contributed by atoms with E-state index in [4.69, 9.17) is 10.8 Å². The molecule has 20 heavy (non-hydrogen) atoms. The van der Waals surface area contributed by atoms with Crippen LogP contribution in [0.2, 0.25) is 0 Å². The Kier molecular flexibility index (Phi) is 5.23. The Morgan fingerprint density at radius 1 is 1.35 bits per heavy atom. The second-order valence-corrected chi connectivity index (χ2v) is 6.28. The number of nitrogens with two attached hydrogens (primary N) is 1. The van der Waals surface area contributed by atoms with Crippen LogP contribution >= 0.6 is 0 Å². The number of hydrogen-bond acceptors (Lipinski definition) is 5. The number of carbonyl (C=O) groups is 2. The van der Waals surface area contributed by atoms with Crippen LogP contribution in [0.15, 0.2) is 29.2 Å². The lowest BCUT2D eigenvalue weighted by molar-refractivity contribution is -0.137. The Labute approximate surface area is 116 Å². The zero-order valence-electron chi connectivity index (χ0n) is 10.9. The number of amides is 1. The smallest absolute Gasteiger partial charge is 0.303 e. The lowest BCUT2D eigenvalue weighted by atomic mass is 10.1. The fraction of sp³-hybridized carbons (Fsp3) is 0.333. The third kappa shape index (κ3) is 4.63. The zero-order chi connectivity index (χ0) is 15.3. The molecule has 0 aliphatic carbocycles. The maximum Gasteiger partial charge on any atom is 0.303 e. The summed E-state index contributed by atoms with van der Waals surface area (Å²) in [6.45, 7) is 0. The molecule has 1 atom stereocenters. The molecule has 110 valence electrons. The summed E-state index contributed by atoms with van der Waals surface area (Å²) < 4.78 is 23.1. The largest absolute Gasteiger partial charge is 0.481 e. The Morgan fingerprint density at radius 2 is 1.95 bits per heavy atom. The van der Waals surface area contributed by atoms with E-state index in [0.717, 1.165) is 6.26 Å². The summed E-state index contributed by atoms with van der Waals surface area (Å²) in [7, 11) is -3.48. The predicted octanol–water partition coefficient (Wildman–Crippen LogP) is 0.221. The van der Waals surface area contributed by atoms with Crippen LogP contribution in [0.1, 0.15) is 12.8 Å². The number of sulfone groups is 1. The number of carboxylic acids is 1. The standard InChI is InChI=1S/C12H16N2O5S/c1-20(18,19)10-5-3-2-4-9(10)14-12(17)8(13)6-7-11(15)16/h2-5,8H,6-7,13H2,1H3,(H,14,17)(H,15,16). The van der Waals surface area contributed by atoms with Crippen LogP contribution in [0.25, 0.3) is 0 Å². The van der Waals surface area contributed by atoms with E-state index in [2.05, 4.69) is 5.32 Å². The van der Waals surface area contributed by atoms with Crippen LogP contribution in [-0.2, 0) is 19.4 Å². The Morgan fingerprint density at radius 3 is 2.50 bits per heavy atom. The zero-order valence-corrected chi connectivity index (χ0v) is 11.7. The average Bonchev–Trinajstić information content (AvgIpc) is 2.35. The van der Waals surface area contributed by atoms with E-state index in [1.54, 1.807) is 6.07 Å². The maximum atomic E-state index is 11.8. The van der Waals surface area contributed by atoms with Crippen LogP contribution in [0.3, 0.4) is 0 Å². The molecule has 0 spiro atoms. The minimum Gasteiger partial charge on any atom is -0.481 e. The molecule has 8 heteroatoms. The first-order valence-electron chi connectivity index (χ1n) is 5.79. The number of carboxylic acid groups (broad SMARTS) is 1. The summed E-state index contributed by atoms with van der Waals surface area (Å²) in [4.78, 5) is 22.2. The summed E-state index contributed by atoms with van der Waals surface area (Å²) in [6, 6.07) is 4.91. The highest BCUT2D eigenvalue weighted by Crippen LogP contribution is 2.20. The van der Waals surface area contributed by atoms with E-state index < -0.39 is 27.8 Å². The lowest BCUT2D eigenvalue weighted by Gasteiger charge is -2.13. The van der Waals surface area contributed by atoms with Crippen molar-refractivity contribution < 1.29 is 23.1 Å². The number of aliphatic carboxylic acids is 1. The van der Waals surface area contributed by atoms with Gasteiger partial charge in [0.2, 0.25) is 5.91 Å². The molecular weight excluding hydrogens is 284 g/mol. The van der Waals surface area contributed by atoms with Gasteiger partial charge in [-0.2, -0.15) is 0 Å². The fourth-order valence-corrected chi connectivity index (χ4v) is 2.37. The minimum atomic E-state index is -3.48. The minimum absolute atomic E-state index is 0.0150. The number of rotatable bonds is 6. The summed E-state index contributed by atoms with van der Waals surface area (Å²) in [5, 5.41) is 10.9. The van der Waals surface area contributed by atoms with Gasteiger partial charge < -0.3 is 16.2 Å². The number of carbonyl (C=O) groups excluding carboxylic acids is 1. The molecule has 0 fully saturated rings. The molecular formula is C12H16N2O5S. The molecule has 1 unspecified atom stereocenters. The highest BCUT2D eigenvalue weighted by atomic mass is 32.2. The van der Waals surface area contributed by atoms with Crippen molar-refractivity contribution in [2.45, 2.75) is 23.8 Å². The molecule has 1 amide bonds. The molecule has 0 bridgehead atoms. The van der Waals surface area contributed by atoms with E-state index in [-0.39, 0.29) is 23.4 Å². The Hall–Kier alpha value is -1.93. The van der Waals surface area contributed by atoms with Gasteiger partial charge in [0.1, 0.15) is 0 Å². The van der Waals surface area contributed by atoms with E-state index in [9.17, 15) is 18.0 Å². The second-order valence-electron chi connectivity index (χ2n) is 4.30. The molecule has 1 rings (SSSR count). The van der Waals surface area contributed by atoms with Crippen molar-refractivity contribution in [3.63, 3.8) is 0 Å². The highest BCUT2D eigenvalue weighted by Gasteiger charge is 2.18. The number of anilines is 1. The van der Waals surface area contributed by atoms with Crippen molar-refractivity contribution in [3.8, 4) is 0 Å². The first-order chi connectivity index (χ1) is 9.21. The molecule has 0 heterocycles. The van der Waals surface area contributed by atoms with E-state index in [1.807, 2.05) is 0 Å². The van der Waals surface area contributed by atoms with Crippen LogP contribution in [0.5, 0.6) is 0 Å². The molecule has 0 saturated heterocycles. The quantitative estimate of drug-likeness (QED) is 0.690. The number of hydrogen-bond donors (Lipinski definition) is 3. The third-order valence-electron chi connectivity index (χ3n) is 2.55. The maximum absolute atomic E-state index is 11.8. The van der Waals surface area contributed by atoms with Gasteiger partial charge in [-0.1, -0.05) is 12.1 Å². The summed E-state index contributed by atoms with van der Waals surface area (Å²) in [6.07, 6.45) is 0.771. The lowest BCUT2D eigenvalue weighted by Crippen LogP contribution is -2.36. The van der Waals surface area contributed by atoms with Crippen LogP contribution in [-0.4, -0.2) is 37.7 Å². The van der Waals surface area contributed by atoms with Crippen LogP contribution in [0.4, 0.5) is 5.69 Å². The van der Waals surface area contributed by atoms with Crippen molar-refractivity contribution in [1.29, 1.82) is 0 Å². The summed E-state index contributed by atoms with van der Waals surface area (Å²) in [5.41, 5.74) is 5.68. The van der Waals surface area contributed by atoms with Gasteiger partial charge in [0.25, 0.3) is 0 Å². The molecule has 4 N–H and O–H groups in total. The number of benzene rings is 1. The van der Waals surface area contributed by atoms with Gasteiger partial charge in [-0.15, -0.1) is 0 Å². The Bertz CT molecular complexity index is 612. The normalized spacial score (nSPS) is 12.7. The molecule has 0 aromatic heterocycles. The van der Waals surface area contributed by atoms with E-state index in [1.165, 1.54) is 18.2 Å². The van der Waals surface area contributed by atoms with Gasteiger partial charge >= 0.3 is 5.97 Å². The fourth-order valence-electron chi connectivity index (χ4n) is 1.53. The monoisotopic (exact) mass is 300 g/mol. The van der Waals surface area contributed by atoms with Gasteiger partial charge in [-0.05, 0) is 18.6 Å². The van der Waals surface area contributed by atoms with Gasteiger partial charge in [0.05, 0.1) is 16.6 Å². The van der Waals surface area contributed by atoms with Crippen molar-refractivity contribution in [3.05, 3.63) is 24.3 Å². The van der Waals surface area contributed by atoms with Gasteiger partial charge in [0.15, 0.2) is 9.84 Å². The van der Waals surface area contributed by atoms with Gasteiger partial charge in [-0.3, -0.25) is 9.59 Å². The molecule has 0 aliphatic heterocycles. The van der Waals surface area contributed by atoms with Gasteiger partial charge in [0, 0.05) is 12.7 Å². The van der Waals surface area contributed by atoms with Crippen molar-refractivity contribution >= 4 is 27.4 Å². The van der Waals surface area contributed by atoms with Crippen molar-refractivity contribution in [2.75, 3.05) is 11.6 Å². The van der Waals surface area contributed by atoms with E-state index >= 15 is 0 Å². The molecule has 0 saturated carbocycles. The SMILES string of the molecule is CS(=O)(=O)c1ccccc1NC(=O)C(N)CCC(=O)O. The average molecular weight is 300 g/mol. The number of nitrogens with one attached hydrogen (secondary N) is 1. The van der Waals surface area contributed by atoms with Crippen molar-refractivity contribution in [1.82, 2.24) is 0 Å². The topological polar surface area (TPSA) is 127 Å². The molecule has 7 nitrogen and oxygen atoms in total. The predicted molar refractivity (Wildman–Crippen MR) is 73.0 cm³/mol. The molecule has 1 aromatic rings. The molecule has 0 radical (unpaired) electrons. The summed E-state index contributed by atoms with van der Waals surface area (Å²) in [5.74, 6) is -1.67. The molecule has 0 aliphatic rings. The number of para-hydroxylation sites is 1. The van der Waals surface area contributed by atoms with Crippen LogP contribution in [0, 0.1) is 0 Å². The highest BCUT2D eigenvalue weighted by molar-refractivity contribution is 7.90. The first kappa shape index (κ1) is 16.1. The first-order valence-corrected chi connectivity index (χ1v) is 7.68. The molecule has 1 aromatic carbocycles. The Balaban J connectivity index is 2.84. The van der Waals surface area contributed by atoms with Crippen molar-refractivity contribution in [2.24, 2.45) is 5.73 Å². The van der Waals surface area contributed by atoms with Gasteiger partial charge in [-0.25, -0.2) is 8.42 Å². The van der Waals surface area contributed by atoms with Crippen LogP contribution < -0.4 is 11.1 Å². The second kappa shape index (κ2) is 6.49.